The van der Waals surface area contributed by atoms with Gasteiger partial charge in [-0.25, -0.2) is 4.79 Å². The van der Waals surface area contributed by atoms with Crippen molar-refractivity contribution in [3.8, 4) is 0 Å². The number of aliphatic hydroxyl groups is 4. The average Bonchev–Trinajstić information content (AvgIpc) is 2.94. The van der Waals surface area contributed by atoms with Gasteiger partial charge in [0.05, 0.1) is 6.61 Å². The number of unbranched alkanes of at least 4 members (excludes halogenated alkanes) is 15. The third-order valence-corrected chi connectivity index (χ3v) is 7.83. The van der Waals surface area contributed by atoms with Crippen LogP contribution in [0.4, 0.5) is 4.79 Å². The van der Waals surface area contributed by atoms with Crippen LogP contribution in [-0.4, -0.2) is 94.8 Å². The average molecular weight is 577 g/mol. The molecule has 5 N–H and O–H groups in total. The molecule has 2 unspecified atom stereocenters. The quantitative estimate of drug-likeness (QED) is 0.0890. The van der Waals surface area contributed by atoms with Crippen molar-refractivity contribution in [3.05, 3.63) is 0 Å². The Morgan fingerprint density at radius 2 is 1.27 bits per heavy atom. The Kier molecular flexibility index (Phi) is 20.0. The van der Waals surface area contributed by atoms with E-state index in [4.69, 9.17) is 14.2 Å². The maximum Gasteiger partial charge on any atom is 0.323 e. The van der Waals surface area contributed by atoms with E-state index in [1.54, 1.807) is 13.8 Å². The molecule has 10 nitrogen and oxygen atoms in total. The molecule has 0 aromatic rings. The summed E-state index contributed by atoms with van der Waals surface area (Å²) in [6.45, 7) is 5.57. The molecular weight excluding hydrogens is 516 g/mol. The topological polar surface area (TPSA) is 141 Å². The summed E-state index contributed by atoms with van der Waals surface area (Å²) in [6.07, 6.45) is 12.7. The van der Waals surface area contributed by atoms with E-state index in [0.29, 0.717) is 13.0 Å². The highest BCUT2D eigenvalue weighted by molar-refractivity contribution is 5.75. The monoisotopic (exact) mass is 576 g/mol. The molecule has 238 valence electrons. The summed E-state index contributed by atoms with van der Waals surface area (Å²) < 4.78 is 16.5. The van der Waals surface area contributed by atoms with E-state index in [2.05, 4.69) is 12.2 Å². The number of aliphatic hydroxyl groups excluding tert-OH is 4. The van der Waals surface area contributed by atoms with Gasteiger partial charge in [0.25, 0.3) is 0 Å². The molecular formula is C30H60N2O8. The van der Waals surface area contributed by atoms with E-state index in [1.165, 1.54) is 89.1 Å². The highest BCUT2D eigenvalue weighted by atomic mass is 16.7. The molecule has 1 rings (SSSR count). The Hall–Kier alpha value is -1.01. The normalized spacial score (nSPS) is 24.6. The highest BCUT2D eigenvalue weighted by Crippen LogP contribution is 2.25. The second-order valence-electron chi connectivity index (χ2n) is 11.2. The summed E-state index contributed by atoms with van der Waals surface area (Å²) in [5, 5.41) is 43.3. The van der Waals surface area contributed by atoms with Gasteiger partial charge in [-0.2, -0.15) is 0 Å². The van der Waals surface area contributed by atoms with Crippen molar-refractivity contribution in [2.75, 3.05) is 26.9 Å². The number of hydrogen-bond donors (Lipinski definition) is 5. The molecule has 1 heterocycles. The van der Waals surface area contributed by atoms with Crippen LogP contribution in [0.5, 0.6) is 0 Å². The first-order valence-electron chi connectivity index (χ1n) is 15.8. The van der Waals surface area contributed by atoms with Crippen LogP contribution >= 0.6 is 0 Å². The van der Waals surface area contributed by atoms with Crippen molar-refractivity contribution in [1.29, 1.82) is 0 Å². The number of rotatable bonds is 23. The van der Waals surface area contributed by atoms with E-state index in [9.17, 15) is 25.2 Å². The van der Waals surface area contributed by atoms with E-state index in [1.807, 2.05) is 0 Å². The van der Waals surface area contributed by atoms with Gasteiger partial charge in [0, 0.05) is 27.2 Å². The third kappa shape index (κ3) is 13.8. The highest BCUT2D eigenvalue weighted by Gasteiger charge is 2.47. The number of hydrogen-bond acceptors (Lipinski definition) is 8. The lowest BCUT2D eigenvalue weighted by Gasteiger charge is -2.45. The fraction of sp³-hybridized carbons (Fsp3) is 0.967. The van der Waals surface area contributed by atoms with Crippen LogP contribution in [0.15, 0.2) is 0 Å². The number of carbonyl (C=O) groups is 1. The molecule has 6 atom stereocenters. The molecule has 0 bridgehead atoms. The maximum absolute atomic E-state index is 13.3. The Labute approximate surface area is 242 Å². The number of nitrogens with zero attached hydrogens (tertiary/aromatic N) is 1. The van der Waals surface area contributed by atoms with Crippen LogP contribution < -0.4 is 5.32 Å². The minimum Gasteiger partial charge on any atom is -0.394 e. The first-order chi connectivity index (χ1) is 19.2. The zero-order valence-corrected chi connectivity index (χ0v) is 25.7. The second kappa shape index (κ2) is 21.7. The van der Waals surface area contributed by atoms with E-state index in [-0.39, 0.29) is 6.54 Å². The Bertz CT molecular complexity index is 641. The largest absolute Gasteiger partial charge is 0.394 e. The molecule has 0 spiro atoms. The standard InChI is InChI=1S/C30H60N2O8/c1-5-7-8-9-10-11-12-13-14-15-16-17-18-19-20-21-22-32(29(37)31-30(3,38-4)39-6-2)28-27(36)26(35)25(34)24(23-33)40-28/h24-28,33-36H,5-23H2,1-4H3,(H,31,37)/t24-,25-,26+,27-,28?,30?/m1/s1. The molecule has 0 saturated carbocycles. The number of carbonyl (C=O) groups excluding carboxylic acids is 1. The zero-order valence-electron chi connectivity index (χ0n) is 25.7. The zero-order chi connectivity index (χ0) is 29.8. The first-order valence-corrected chi connectivity index (χ1v) is 15.8. The Morgan fingerprint density at radius 3 is 1.70 bits per heavy atom. The second-order valence-corrected chi connectivity index (χ2v) is 11.2. The van der Waals surface area contributed by atoms with Gasteiger partial charge >= 0.3 is 6.03 Å². The van der Waals surface area contributed by atoms with Crippen LogP contribution in [0.25, 0.3) is 0 Å². The fourth-order valence-electron chi connectivity index (χ4n) is 5.20. The van der Waals surface area contributed by atoms with Crippen LogP contribution in [0.3, 0.4) is 0 Å². The lowest BCUT2D eigenvalue weighted by molar-refractivity contribution is -0.260. The van der Waals surface area contributed by atoms with Gasteiger partial charge in [0.15, 0.2) is 6.23 Å². The van der Waals surface area contributed by atoms with Crippen molar-refractivity contribution < 1.29 is 39.4 Å². The number of methoxy groups -OCH3 is 1. The van der Waals surface area contributed by atoms with Gasteiger partial charge in [0.1, 0.15) is 24.4 Å². The van der Waals surface area contributed by atoms with Crippen LogP contribution in [0.1, 0.15) is 124 Å². The van der Waals surface area contributed by atoms with Crippen molar-refractivity contribution in [2.24, 2.45) is 0 Å². The molecule has 1 fully saturated rings. The molecule has 0 radical (unpaired) electrons. The summed E-state index contributed by atoms with van der Waals surface area (Å²) in [6, 6.07) is -0.608. The van der Waals surface area contributed by atoms with E-state index in [0.717, 1.165) is 19.3 Å². The molecule has 1 aliphatic heterocycles. The van der Waals surface area contributed by atoms with Gasteiger partial charge in [-0.1, -0.05) is 103 Å². The van der Waals surface area contributed by atoms with Crippen LogP contribution in [-0.2, 0) is 14.2 Å². The Morgan fingerprint density at radius 1 is 0.800 bits per heavy atom. The predicted molar refractivity (Wildman–Crippen MR) is 156 cm³/mol. The van der Waals surface area contributed by atoms with E-state index >= 15 is 0 Å². The van der Waals surface area contributed by atoms with Gasteiger partial charge in [0.2, 0.25) is 5.91 Å². The molecule has 1 saturated heterocycles. The molecule has 0 aromatic heterocycles. The van der Waals surface area contributed by atoms with Crippen LogP contribution in [0, 0.1) is 0 Å². The first kappa shape index (κ1) is 37.0. The van der Waals surface area contributed by atoms with Gasteiger partial charge in [-0.15, -0.1) is 0 Å². The van der Waals surface area contributed by atoms with Gasteiger partial charge in [-0.05, 0) is 13.3 Å². The van der Waals surface area contributed by atoms with Gasteiger partial charge < -0.3 is 34.6 Å². The third-order valence-electron chi connectivity index (χ3n) is 7.83. The minimum absolute atomic E-state index is 0.249. The molecule has 10 heteroatoms. The molecule has 0 aliphatic carbocycles. The summed E-state index contributed by atoms with van der Waals surface area (Å²) in [4.78, 5) is 14.5. The number of ether oxygens (including phenoxy) is 3. The minimum atomic E-state index is -1.57. The van der Waals surface area contributed by atoms with Crippen molar-refractivity contribution in [3.63, 3.8) is 0 Å². The molecule has 1 aliphatic rings. The van der Waals surface area contributed by atoms with Crippen molar-refractivity contribution >= 4 is 6.03 Å². The maximum atomic E-state index is 13.3. The number of nitrogens with one attached hydrogen (secondary N) is 1. The number of urea groups is 1. The summed E-state index contributed by atoms with van der Waals surface area (Å²) in [7, 11) is 1.41. The smallest absolute Gasteiger partial charge is 0.323 e. The van der Waals surface area contributed by atoms with E-state index < -0.39 is 49.2 Å². The summed E-state index contributed by atoms with van der Waals surface area (Å²) in [5.74, 6) is -1.40. The number of amides is 2. The Balaban J connectivity index is 2.44. The van der Waals surface area contributed by atoms with Crippen molar-refractivity contribution in [2.45, 2.75) is 160 Å². The molecule has 40 heavy (non-hydrogen) atoms. The fourth-order valence-corrected chi connectivity index (χ4v) is 5.20. The molecule has 0 aromatic carbocycles. The summed E-state index contributed by atoms with van der Waals surface area (Å²) >= 11 is 0. The van der Waals surface area contributed by atoms with Crippen LogP contribution in [0.2, 0.25) is 0 Å². The predicted octanol–water partition coefficient (Wildman–Crippen LogP) is 4.42. The van der Waals surface area contributed by atoms with Crippen molar-refractivity contribution in [1.82, 2.24) is 10.2 Å². The SMILES string of the molecule is CCCCCCCCCCCCCCCCCCN(C(=O)NC(C)(OC)OCC)C1O[C@H](CO)[C@@H](O)[C@H](O)[C@H]1O. The summed E-state index contributed by atoms with van der Waals surface area (Å²) in [5.41, 5.74) is 0. The lowest BCUT2D eigenvalue weighted by Crippen LogP contribution is -2.66. The van der Waals surface area contributed by atoms with Gasteiger partial charge in [-0.3, -0.25) is 10.2 Å². The lowest BCUT2D eigenvalue weighted by atomic mass is 9.97. The molecule has 2 amide bonds.